The van der Waals surface area contributed by atoms with Gasteiger partial charge in [-0.15, -0.1) is 0 Å². The van der Waals surface area contributed by atoms with Crippen molar-refractivity contribution >= 4 is 17.3 Å². The molecule has 18 heavy (non-hydrogen) atoms. The van der Waals surface area contributed by atoms with Crippen LogP contribution < -0.4 is 11.1 Å². The number of carbonyl (C=O) groups is 1. The summed E-state index contributed by atoms with van der Waals surface area (Å²) in [7, 11) is 0. The van der Waals surface area contributed by atoms with Crippen LogP contribution in [0.5, 0.6) is 0 Å². The highest BCUT2D eigenvalue weighted by molar-refractivity contribution is 6.03. The van der Waals surface area contributed by atoms with E-state index in [0.29, 0.717) is 17.2 Å². The minimum absolute atomic E-state index is 0.251. The molecular formula is C14H16N2O2. The van der Waals surface area contributed by atoms with Crippen molar-refractivity contribution in [3.8, 4) is 0 Å². The third-order valence-electron chi connectivity index (χ3n) is 2.76. The minimum atomic E-state index is -0.251. The van der Waals surface area contributed by atoms with Gasteiger partial charge in [0.2, 0.25) is 0 Å². The van der Waals surface area contributed by atoms with E-state index in [9.17, 15) is 4.79 Å². The second kappa shape index (κ2) is 4.56. The third-order valence-corrected chi connectivity index (χ3v) is 2.76. The highest BCUT2D eigenvalue weighted by Gasteiger charge is 2.13. The van der Waals surface area contributed by atoms with Crippen molar-refractivity contribution in [2.75, 3.05) is 11.1 Å². The molecule has 1 amide bonds. The molecule has 2 rings (SSSR count). The number of nitrogen functional groups attached to an aromatic ring is 1. The van der Waals surface area contributed by atoms with Crippen LogP contribution in [0.2, 0.25) is 0 Å². The number of amides is 1. The van der Waals surface area contributed by atoms with Crippen molar-refractivity contribution in [3.05, 3.63) is 46.9 Å². The zero-order valence-electron chi connectivity index (χ0n) is 10.7. The van der Waals surface area contributed by atoms with Crippen LogP contribution in [-0.4, -0.2) is 5.91 Å². The summed E-state index contributed by atoms with van der Waals surface area (Å²) in [5.41, 5.74) is 9.08. The van der Waals surface area contributed by atoms with Crippen LogP contribution in [-0.2, 0) is 0 Å². The first-order valence-corrected chi connectivity index (χ1v) is 5.72. The highest BCUT2D eigenvalue weighted by atomic mass is 16.3. The molecule has 4 heteroatoms. The van der Waals surface area contributed by atoms with E-state index in [4.69, 9.17) is 10.2 Å². The monoisotopic (exact) mass is 244 g/mol. The summed E-state index contributed by atoms with van der Waals surface area (Å²) < 4.78 is 5.28. The molecule has 3 N–H and O–H groups in total. The molecule has 2 aromatic rings. The van der Waals surface area contributed by atoms with Crippen molar-refractivity contribution in [2.45, 2.75) is 20.8 Å². The van der Waals surface area contributed by atoms with Gasteiger partial charge in [-0.2, -0.15) is 0 Å². The number of anilines is 2. The molecule has 0 spiro atoms. The second-order valence-electron chi connectivity index (χ2n) is 4.39. The van der Waals surface area contributed by atoms with Gasteiger partial charge in [-0.3, -0.25) is 4.79 Å². The number of rotatable bonds is 2. The predicted octanol–water partition coefficient (Wildman–Crippen LogP) is 3.04. The third kappa shape index (κ3) is 2.37. The lowest BCUT2D eigenvalue weighted by molar-refractivity contribution is 0.0995. The van der Waals surface area contributed by atoms with Gasteiger partial charge in [0.25, 0.3) is 5.91 Å². The smallest absolute Gasteiger partial charge is 0.291 e. The van der Waals surface area contributed by atoms with Gasteiger partial charge < -0.3 is 15.5 Å². The Morgan fingerprint density at radius 1 is 1.17 bits per heavy atom. The molecule has 1 heterocycles. The molecule has 1 aromatic heterocycles. The van der Waals surface area contributed by atoms with E-state index in [0.717, 1.165) is 16.8 Å². The average Bonchev–Trinajstić information content (AvgIpc) is 2.70. The van der Waals surface area contributed by atoms with Crippen LogP contribution in [0.4, 0.5) is 11.4 Å². The first kappa shape index (κ1) is 12.2. The van der Waals surface area contributed by atoms with Gasteiger partial charge in [0.15, 0.2) is 5.76 Å². The zero-order chi connectivity index (χ0) is 13.3. The topological polar surface area (TPSA) is 68.3 Å². The van der Waals surface area contributed by atoms with Gasteiger partial charge >= 0.3 is 0 Å². The fraction of sp³-hybridized carbons (Fsp3) is 0.214. The van der Waals surface area contributed by atoms with E-state index in [1.54, 1.807) is 19.1 Å². The molecular weight excluding hydrogens is 228 g/mol. The lowest BCUT2D eigenvalue weighted by Crippen LogP contribution is -2.13. The molecule has 1 aromatic carbocycles. The number of aryl methyl sites for hydroxylation is 3. The summed E-state index contributed by atoms with van der Waals surface area (Å²) in [6.07, 6.45) is 0. The van der Waals surface area contributed by atoms with E-state index in [1.807, 2.05) is 26.0 Å². The Bertz CT molecular complexity index is 577. The molecule has 0 aliphatic heterocycles. The van der Waals surface area contributed by atoms with Gasteiger partial charge in [-0.1, -0.05) is 0 Å². The van der Waals surface area contributed by atoms with Gasteiger partial charge in [0, 0.05) is 11.4 Å². The Morgan fingerprint density at radius 3 is 2.28 bits per heavy atom. The number of hydrogen-bond acceptors (Lipinski definition) is 3. The van der Waals surface area contributed by atoms with Crippen molar-refractivity contribution in [1.29, 1.82) is 0 Å². The Labute approximate surface area is 106 Å². The SMILES string of the molecule is Cc1ccc(C(=O)Nc2c(C)cc(N)cc2C)o1. The average molecular weight is 244 g/mol. The maximum atomic E-state index is 12.0. The van der Waals surface area contributed by atoms with Crippen molar-refractivity contribution in [3.63, 3.8) is 0 Å². The Balaban J connectivity index is 2.27. The molecule has 4 nitrogen and oxygen atoms in total. The van der Waals surface area contributed by atoms with E-state index < -0.39 is 0 Å². The second-order valence-corrected chi connectivity index (χ2v) is 4.39. The number of hydrogen-bond donors (Lipinski definition) is 2. The molecule has 0 atom stereocenters. The molecule has 0 bridgehead atoms. The van der Waals surface area contributed by atoms with Gasteiger partial charge in [-0.25, -0.2) is 0 Å². The van der Waals surface area contributed by atoms with Gasteiger partial charge in [0.05, 0.1) is 0 Å². The quantitative estimate of drug-likeness (QED) is 0.798. The van der Waals surface area contributed by atoms with Crippen molar-refractivity contribution < 1.29 is 9.21 Å². The van der Waals surface area contributed by atoms with E-state index >= 15 is 0 Å². The number of nitrogens with one attached hydrogen (secondary N) is 1. The largest absolute Gasteiger partial charge is 0.456 e. The molecule has 0 unspecified atom stereocenters. The number of carbonyl (C=O) groups excluding carboxylic acids is 1. The van der Waals surface area contributed by atoms with Crippen LogP contribution >= 0.6 is 0 Å². The maximum absolute atomic E-state index is 12.0. The standard InChI is InChI=1S/C14H16N2O2/c1-8-6-11(15)7-9(2)13(8)16-14(17)12-5-4-10(3)18-12/h4-7H,15H2,1-3H3,(H,16,17). The highest BCUT2D eigenvalue weighted by Crippen LogP contribution is 2.24. The summed E-state index contributed by atoms with van der Waals surface area (Å²) in [5, 5.41) is 2.85. The minimum Gasteiger partial charge on any atom is -0.456 e. The van der Waals surface area contributed by atoms with Gasteiger partial charge in [-0.05, 0) is 56.2 Å². The zero-order valence-corrected chi connectivity index (χ0v) is 10.7. The lowest BCUT2D eigenvalue weighted by Gasteiger charge is -2.11. The molecule has 0 aliphatic carbocycles. The Morgan fingerprint density at radius 2 is 1.78 bits per heavy atom. The van der Waals surface area contributed by atoms with Crippen molar-refractivity contribution in [1.82, 2.24) is 0 Å². The first-order valence-electron chi connectivity index (χ1n) is 5.72. The fourth-order valence-electron chi connectivity index (χ4n) is 1.93. The molecule has 0 radical (unpaired) electrons. The summed E-state index contributed by atoms with van der Waals surface area (Å²) in [4.78, 5) is 12.0. The summed E-state index contributed by atoms with van der Waals surface area (Å²) in [5.74, 6) is 0.771. The van der Waals surface area contributed by atoms with Crippen molar-refractivity contribution in [2.24, 2.45) is 0 Å². The Kier molecular flexibility index (Phi) is 3.10. The Hall–Kier alpha value is -2.23. The summed E-state index contributed by atoms with van der Waals surface area (Å²) in [6.45, 7) is 5.62. The van der Waals surface area contributed by atoms with E-state index in [1.165, 1.54) is 0 Å². The molecule has 0 fully saturated rings. The first-order chi connectivity index (χ1) is 8.47. The lowest BCUT2D eigenvalue weighted by atomic mass is 10.1. The fourth-order valence-corrected chi connectivity index (χ4v) is 1.93. The summed E-state index contributed by atoms with van der Waals surface area (Å²) >= 11 is 0. The van der Waals surface area contributed by atoms with E-state index in [2.05, 4.69) is 5.32 Å². The van der Waals surface area contributed by atoms with Gasteiger partial charge in [0.1, 0.15) is 5.76 Å². The molecule has 0 saturated carbocycles. The van der Waals surface area contributed by atoms with Crippen LogP contribution in [0.25, 0.3) is 0 Å². The summed E-state index contributed by atoms with van der Waals surface area (Å²) in [6, 6.07) is 7.08. The normalized spacial score (nSPS) is 10.4. The van der Waals surface area contributed by atoms with Crippen LogP contribution in [0, 0.1) is 20.8 Å². The van der Waals surface area contributed by atoms with Crippen LogP contribution in [0.1, 0.15) is 27.4 Å². The molecule has 0 saturated heterocycles. The van der Waals surface area contributed by atoms with Crippen LogP contribution in [0.3, 0.4) is 0 Å². The van der Waals surface area contributed by atoms with E-state index in [-0.39, 0.29) is 5.91 Å². The molecule has 0 aliphatic rings. The number of benzene rings is 1. The maximum Gasteiger partial charge on any atom is 0.291 e. The number of nitrogens with two attached hydrogens (primary N) is 1. The molecule has 94 valence electrons. The number of furan rings is 1. The predicted molar refractivity (Wildman–Crippen MR) is 71.7 cm³/mol. The van der Waals surface area contributed by atoms with Crippen LogP contribution in [0.15, 0.2) is 28.7 Å².